The molecule has 2 atom stereocenters. The lowest BCUT2D eigenvalue weighted by atomic mass is 10.0. The van der Waals surface area contributed by atoms with Crippen LogP contribution in [0.15, 0.2) is 18.2 Å². The van der Waals surface area contributed by atoms with Gasteiger partial charge in [0.15, 0.2) is 0 Å². The van der Waals surface area contributed by atoms with Crippen LogP contribution >= 0.6 is 0 Å². The van der Waals surface area contributed by atoms with Gasteiger partial charge < -0.3 is 15.4 Å². The zero-order chi connectivity index (χ0) is 13.8. The van der Waals surface area contributed by atoms with Gasteiger partial charge in [-0.25, -0.2) is 4.39 Å². The van der Waals surface area contributed by atoms with Gasteiger partial charge >= 0.3 is 0 Å². The fraction of sp³-hybridized carbons (Fsp3) is 0.600. The van der Waals surface area contributed by atoms with Gasteiger partial charge in [0.1, 0.15) is 5.82 Å². The predicted octanol–water partition coefficient (Wildman–Crippen LogP) is 2.19. The van der Waals surface area contributed by atoms with Crippen LogP contribution in [0.1, 0.15) is 18.9 Å². The zero-order valence-electron chi connectivity index (χ0n) is 11.7. The third-order valence-electron chi connectivity index (χ3n) is 3.62. The topological polar surface area (TPSA) is 38.5 Å². The molecule has 1 aromatic carbocycles. The molecule has 4 heteroatoms. The molecule has 106 valence electrons. The van der Waals surface area contributed by atoms with Crippen molar-refractivity contribution in [1.82, 2.24) is 0 Å². The number of methoxy groups -OCH3 is 1. The summed E-state index contributed by atoms with van der Waals surface area (Å²) in [7, 11) is 1.72. The summed E-state index contributed by atoms with van der Waals surface area (Å²) in [6, 6.07) is 5.31. The lowest BCUT2D eigenvalue weighted by Crippen LogP contribution is -2.25. The summed E-state index contributed by atoms with van der Waals surface area (Å²) in [5.74, 6) is 0.351. The molecule has 0 bridgehead atoms. The Hall–Kier alpha value is -1.13. The van der Waals surface area contributed by atoms with E-state index in [0.29, 0.717) is 12.3 Å². The fourth-order valence-corrected chi connectivity index (χ4v) is 2.83. The minimum absolute atomic E-state index is 0.0397. The number of rotatable bonds is 5. The van der Waals surface area contributed by atoms with Gasteiger partial charge in [-0.2, -0.15) is 0 Å². The van der Waals surface area contributed by atoms with Gasteiger partial charge in [0.25, 0.3) is 0 Å². The van der Waals surface area contributed by atoms with E-state index in [0.717, 1.165) is 37.4 Å². The SMILES string of the molecule is COCC1CCN(c2c(F)cccc2CC(C)N)C1. The van der Waals surface area contributed by atoms with Gasteiger partial charge in [-0.1, -0.05) is 12.1 Å². The largest absolute Gasteiger partial charge is 0.384 e. The summed E-state index contributed by atoms with van der Waals surface area (Å²) < 4.78 is 19.3. The van der Waals surface area contributed by atoms with Crippen LogP contribution in [-0.2, 0) is 11.2 Å². The van der Waals surface area contributed by atoms with Gasteiger partial charge in [-0.05, 0) is 31.4 Å². The maximum absolute atomic E-state index is 14.2. The normalized spacial score (nSPS) is 20.8. The molecule has 2 N–H and O–H groups in total. The second-order valence-electron chi connectivity index (χ2n) is 5.49. The van der Waals surface area contributed by atoms with E-state index in [2.05, 4.69) is 4.90 Å². The van der Waals surface area contributed by atoms with Gasteiger partial charge in [0.2, 0.25) is 0 Å². The molecule has 0 saturated carbocycles. The summed E-state index contributed by atoms with van der Waals surface area (Å²) in [6.07, 6.45) is 1.76. The monoisotopic (exact) mass is 266 g/mol. The molecule has 1 aliphatic rings. The number of halogens is 1. The first kappa shape index (κ1) is 14.3. The Labute approximate surface area is 114 Å². The molecule has 0 aliphatic carbocycles. The number of nitrogens with two attached hydrogens (primary N) is 1. The summed E-state index contributed by atoms with van der Waals surface area (Å²) >= 11 is 0. The van der Waals surface area contributed by atoms with Crippen LogP contribution in [0, 0.1) is 11.7 Å². The molecule has 0 spiro atoms. The van der Waals surface area contributed by atoms with Crippen molar-refractivity contribution in [3.8, 4) is 0 Å². The predicted molar refractivity (Wildman–Crippen MR) is 75.9 cm³/mol. The molecular formula is C15H23FN2O. The van der Waals surface area contributed by atoms with Crippen molar-refractivity contribution >= 4 is 5.69 Å². The van der Waals surface area contributed by atoms with Gasteiger partial charge in [0.05, 0.1) is 12.3 Å². The van der Waals surface area contributed by atoms with Crippen LogP contribution in [0.2, 0.25) is 0 Å². The van der Waals surface area contributed by atoms with Crippen molar-refractivity contribution in [3.63, 3.8) is 0 Å². The molecule has 1 aromatic rings. The highest BCUT2D eigenvalue weighted by atomic mass is 19.1. The Morgan fingerprint density at radius 2 is 2.32 bits per heavy atom. The molecule has 0 radical (unpaired) electrons. The molecule has 1 aliphatic heterocycles. The standard InChI is InChI=1S/C15H23FN2O/c1-11(17)8-13-4-3-5-14(16)15(13)18-7-6-12(9-18)10-19-2/h3-5,11-12H,6-10,17H2,1-2H3. The number of anilines is 1. The van der Waals surface area contributed by atoms with Crippen molar-refractivity contribution in [2.24, 2.45) is 11.7 Å². The molecule has 1 saturated heterocycles. The Bertz CT molecular complexity index is 423. The van der Waals surface area contributed by atoms with Crippen LogP contribution in [-0.4, -0.2) is 32.8 Å². The molecule has 19 heavy (non-hydrogen) atoms. The number of ether oxygens (including phenoxy) is 1. The molecule has 1 heterocycles. The fourth-order valence-electron chi connectivity index (χ4n) is 2.83. The minimum atomic E-state index is -0.142. The van der Waals surface area contributed by atoms with E-state index in [1.54, 1.807) is 13.2 Å². The first-order chi connectivity index (χ1) is 9.11. The maximum Gasteiger partial charge on any atom is 0.146 e. The summed E-state index contributed by atoms with van der Waals surface area (Å²) in [4.78, 5) is 2.14. The smallest absolute Gasteiger partial charge is 0.146 e. The molecule has 0 amide bonds. The van der Waals surface area contributed by atoms with Crippen molar-refractivity contribution < 1.29 is 9.13 Å². The van der Waals surface area contributed by atoms with Gasteiger partial charge in [-0.3, -0.25) is 0 Å². The van der Waals surface area contributed by atoms with E-state index in [4.69, 9.17) is 10.5 Å². The van der Waals surface area contributed by atoms with Crippen LogP contribution in [0.25, 0.3) is 0 Å². The number of hydrogen-bond donors (Lipinski definition) is 1. The van der Waals surface area contributed by atoms with Crippen LogP contribution in [0.5, 0.6) is 0 Å². The minimum Gasteiger partial charge on any atom is -0.384 e. The second-order valence-corrected chi connectivity index (χ2v) is 5.49. The highest BCUT2D eigenvalue weighted by Crippen LogP contribution is 2.30. The number of benzene rings is 1. The van der Waals surface area contributed by atoms with Crippen molar-refractivity contribution in [2.75, 3.05) is 31.7 Å². The lowest BCUT2D eigenvalue weighted by molar-refractivity contribution is 0.161. The molecule has 2 rings (SSSR count). The van der Waals surface area contributed by atoms with Crippen LogP contribution in [0.3, 0.4) is 0 Å². The average Bonchev–Trinajstić information content (AvgIpc) is 2.77. The van der Waals surface area contributed by atoms with E-state index < -0.39 is 0 Å². The Morgan fingerprint density at radius 3 is 3.00 bits per heavy atom. The Morgan fingerprint density at radius 1 is 1.53 bits per heavy atom. The van der Waals surface area contributed by atoms with Crippen LogP contribution in [0.4, 0.5) is 10.1 Å². The molecule has 2 unspecified atom stereocenters. The third-order valence-corrected chi connectivity index (χ3v) is 3.62. The second kappa shape index (κ2) is 6.35. The van der Waals surface area contributed by atoms with Crippen molar-refractivity contribution in [2.45, 2.75) is 25.8 Å². The first-order valence-electron chi connectivity index (χ1n) is 6.88. The summed E-state index contributed by atoms with van der Waals surface area (Å²) in [5, 5.41) is 0. The average molecular weight is 266 g/mol. The first-order valence-corrected chi connectivity index (χ1v) is 6.88. The van der Waals surface area contributed by atoms with E-state index in [1.165, 1.54) is 6.07 Å². The van der Waals surface area contributed by atoms with Crippen LogP contribution < -0.4 is 10.6 Å². The van der Waals surface area contributed by atoms with E-state index in [-0.39, 0.29) is 11.9 Å². The summed E-state index contributed by atoms with van der Waals surface area (Å²) in [5.41, 5.74) is 7.60. The molecule has 0 aromatic heterocycles. The Balaban J connectivity index is 2.19. The van der Waals surface area contributed by atoms with Crippen molar-refractivity contribution in [1.29, 1.82) is 0 Å². The molecule has 3 nitrogen and oxygen atoms in total. The summed E-state index contributed by atoms with van der Waals surface area (Å²) in [6.45, 7) is 4.45. The van der Waals surface area contributed by atoms with Gasteiger partial charge in [-0.15, -0.1) is 0 Å². The van der Waals surface area contributed by atoms with E-state index in [1.807, 2.05) is 13.0 Å². The number of hydrogen-bond acceptors (Lipinski definition) is 3. The number of nitrogens with zero attached hydrogens (tertiary/aromatic N) is 1. The highest BCUT2D eigenvalue weighted by molar-refractivity contribution is 5.56. The zero-order valence-corrected chi connectivity index (χ0v) is 11.7. The maximum atomic E-state index is 14.2. The highest BCUT2D eigenvalue weighted by Gasteiger charge is 2.26. The lowest BCUT2D eigenvalue weighted by Gasteiger charge is -2.23. The van der Waals surface area contributed by atoms with E-state index in [9.17, 15) is 4.39 Å². The third kappa shape index (κ3) is 3.45. The number of para-hydroxylation sites is 1. The Kier molecular flexibility index (Phi) is 4.77. The quantitative estimate of drug-likeness (QED) is 0.888. The molecular weight excluding hydrogens is 243 g/mol. The molecule has 1 fully saturated rings. The van der Waals surface area contributed by atoms with Crippen molar-refractivity contribution in [3.05, 3.63) is 29.6 Å². The van der Waals surface area contributed by atoms with E-state index >= 15 is 0 Å². The van der Waals surface area contributed by atoms with Gasteiger partial charge in [0, 0.05) is 32.2 Å².